The average molecular weight is 415 g/mol. The van der Waals surface area contributed by atoms with E-state index in [-0.39, 0.29) is 12.0 Å². The third-order valence-electron chi connectivity index (χ3n) is 3.70. The highest BCUT2D eigenvalue weighted by Crippen LogP contribution is 2.28. The van der Waals surface area contributed by atoms with Gasteiger partial charge < -0.3 is 9.64 Å². The summed E-state index contributed by atoms with van der Waals surface area (Å²) in [6, 6.07) is 12.7. The fraction of sp³-hybridized carbons (Fsp3) is 0.235. The van der Waals surface area contributed by atoms with Crippen molar-refractivity contribution in [1.82, 2.24) is 4.90 Å². The molecule has 1 saturated heterocycles. The second-order valence-electron chi connectivity index (χ2n) is 5.32. The highest BCUT2D eigenvalue weighted by molar-refractivity contribution is 9.10. The molecule has 0 saturated carbocycles. The lowest BCUT2D eigenvalue weighted by Gasteiger charge is -2.33. The Bertz CT molecular complexity index is 701. The molecule has 1 heterocycles. The van der Waals surface area contributed by atoms with Gasteiger partial charge in [0, 0.05) is 26.6 Å². The molecule has 6 heteroatoms. The first-order chi connectivity index (χ1) is 11.0. The molecule has 0 N–H and O–H groups in total. The first-order valence-electron chi connectivity index (χ1n) is 7.15. The second-order valence-corrected chi connectivity index (χ2v) is 7.11. The highest BCUT2D eigenvalue weighted by Gasteiger charge is 2.26. The lowest BCUT2D eigenvalue weighted by Crippen LogP contribution is -2.42. The molecule has 1 aliphatic heterocycles. The van der Waals surface area contributed by atoms with Crippen molar-refractivity contribution in [3.63, 3.8) is 0 Å². The molecule has 0 aromatic heterocycles. The van der Waals surface area contributed by atoms with Gasteiger partial charge in [0.2, 0.25) is 0 Å². The molecule has 2 aromatic rings. The van der Waals surface area contributed by atoms with Crippen molar-refractivity contribution in [2.45, 2.75) is 6.10 Å². The molecule has 1 aliphatic rings. The summed E-state index contributed by atoms with van der Waals surface area (Å²) in [7, 11) is 0. The Morgan fingerprint density at radius 2 is 1.78 bits per heavy atom. The number of benzene rings is 2. The first-order valence-corrected chi connectivity index (χ1v) is 8.70. The number of morpholine rings is 1. The smallest absolute Gasteiger partial charge is 0.254 e. The van der Waals surface area contributed by atoms with Gasteiger partial charge in [-0.1, -0.05) is 39.1 Å². The van der Waals surface area contributed by atoms with E-state index >= 15 is 0 Å². The number of rotatable bonds is 2. The van der Waals surface area contributed by atoms with Crippen LogP contribution >= 0.6 is 39.1 Å². The number of hydrogen-bond acceptors (Lipinski definition) is 2. The van der Waals surface area contributed by atoms with Gasteiger partial charge in [-0.05, 0) is 48.0 Å². The molecular formula is C17H14BrCl2NO2. The molecule has 1 unspecified atom stereocenters. The monoisotopic (exact) mass is 413 g/mol. The van der Waals surface area contributed by atoms with Crippen LogP contribution in [0.1, 0.15) is 22.0 Å². The zero-order chi connectivity index (χ0) is 16.4. The van der Waals surface area contributed by atoms with Gasteiger partial charge in [0.05, 0.1) is 13.2 Å². The summed E-state index contributed by atoms with van der Waals surface area (Å²) in [6.45, 7) is 1.53. The molecular weight excluding hydrogens is 401 g/mol. The third kappa shape index (κ3) is 4.07. The minimum absolute atomic E-state index is 0.000995. The molecule has 23 heavy (non-hydrogen) atoms. The third-order valence-corrected chi connectivity index (χ3v) is 4.67. The Hall–Kier alpha value is -1.07. The van der Waals surface area contributed by atoms with E-state index < -0.39 is 0 Å². The van der Waals surface area contributed by atoms with Crippen LogP contribution in [0.25, 0.3) is 0 Å². The standard InChI is InChI=1S/C17H14BrCl2NO2/c18-13-3-1-11(2-4-13)17(22)21-5-6-23-16(10-21)12-7-14(19)9-15(20)8-12/h1-4,7-9,16H,5-6,10H2. The van der Waals surface area contributed by atoms with Gasteiger partial charge in [-0.2, -0.15) is 0 Å². The van der Waals surface area contributed by atoms with Gasteiger partial charge in [-0.3, -0.25) is 4.79 Å². The number of carbonyl (C=O) groups is 1. The van der Waals surface area contributed by atoms with E-state index in [1.807, 2.05) is 36.4 Å². The molecule has 2 aromatic carbocycles. The van der Waals surface area contributed by atoms with Crippen molar-refractivity contribution in [2.75, 3.05) is 19.7 Å². The van der Waals surface area contributed by atoms with E-state index in [4.69, 9.17) is 27.9 Å². The second kappa shape index (κ2) is 7.22. The van der Waals surface area contributed by atoms with E-state index in [2.05, 4.69) is 15.9 Å². The summed E-state index contributed by atoms with van der Waals surface area (Å²) in [5.41, 5.74) is 1.55. The molecule has 3 nitrogen and oxygen atoms in total. The van der Waals surface area contributed by atoms with E-state index in [1.54, 1.807) is 11.0 Å². The van der Waals surface area contributed by atoms with Crippen molar-refractivity contribution >= 4 is 45.0 Å². The molecule has 1 fully saturated rings. The predicted octanol–water partition coefficient (Wildman–Crippen LogP) is 4.97. The Morgan fingerprint density at radius 1 is 1.13 bits per heavy atom. The van der Waals surface area contributed by atoms with E-state index in [0.29, 0.717) is 35.3 Å². The zero-order valence-electron chi connectivity index (χ0n) is 12.1. The maximum Gasteiger partial charge on any atom is 0.254 e. The van der Waals surface area contributed by atoms with Gasteiger partial charge >= 0.3 is 0 Å². The van der Waals surface area contributed by atoms with Gasteiger partial charge in [-0.15, -0.1) is 0 Å². The van der Waals surface area contributed by atoms with Gasteiger partial charge in [0.15, 0.2) is 0 Å². The quantitative estimate of drug-likeness (QED) is 0.694. The molecule has 1 amide bonds. The number of hydrogen-bond donors (Lipinski definition) is 0. The molecule has 0 radical (unpaired) electrons. The number of halogens is 3. The molecule has 1 atom stereocenters. The Balaban J connectivity index is 1.77. The van der Waals surface area contributed by atoms with Crippen molar-refractivity contribution < 1.29 is 9.53 Å². The van der Waals surface area contributed by atoms with Crippen LogP contribution in [0.15, 0.2) is 46.9 Å². The Labute approximate surface area is 153 Å². The van der Waals surface area contributed by atoms with Crippen molar-refractivity contribution in [3.05, 3.63) is 68.1 Å². The number of ether oxygens (including phenoxy) is 1. The van der Waals surface area contributed by atoms with E-state index in [9.17, 15) is 4.79 Å². The lowest BCUT2D eigenvalue weighted by molar-refractivity contribution is -0.0228. The lowest BCUT2D eigenvalue weighted by atomic mass is 10.1. The fourth-order valence-electron chi connectivity index (χ4n) is 2.57. The van der Waals surface area contributed by atoms with Crippen molar-refractivity contribution in [3.8, 4) is 0 Å². The summed E-state index contributed by atoms with van der Waals surface area (Å²) in [5, 5.41) is 1.12. The Kier molecular flexibility index (Phi) is 5.27. The van der Waals surface area contributed by atoms with Crippen LogP contribution < -0.4 is 0 Å². The SMILES string of the molecule is O=C(c1ccc(Br)cc1)N1CCOC(c2cc(Cl)cc(Cl)c2)C1. The van der Waals surface area contributed by atoms with Crippen molar-refractivity contribution in [2.24, 2.45) is 0 Å². The molecule has 120 valence electrons. The van der Waals surface area contributed by atoms with Gasteiger partial charge in [0.1, 0.15) is 6.10 Å². The summed E-state index contributed by atoms with van der Waals surface area (Å²) >= 11 is 15.5. The normalized spacial score (nSPS) is 18.0. The molecule has 3 rings (SSSR count). The minimum atomic E-state index is -0.223. The molecule has 0 spiro atoms. The van der Waals surface area contributed by atoms with Crippen LogP contribution in [0.4, 0.5) is 0 Å². The maximum atomic E-state index is 12.6. The van der Waals surface area contributed by atoms with Crippen molar-refractivity contribution in [1.29, 1.82) is 0 Å². The Morgan fingerprint density at radius 3 is 2.43 bits per heavy atom. The first kappa shape index (κ1) is 16.8. The maximum absolute atomic E-state index is 12.6. The van der Waals surface area contributed by atoms with E-state index in [0.717, 1.165) is 10.0 Å². The number of nitrogens with zero attached hydrogens (tertiary/aromatic N) is 1. The molecule has 0 aliphatic carbocycles. The van der Waals surface area contributed by atoms with Crippen LogP contribution in [-0.2, 0) is 4.74 Å². The summed E-state index contributed by atoms with van der Waals surface area (Å²) in [4.78, 5) is 14.4. The van der Waals surface area contributed by atoms with Crippen LogP contribution in [0.2, 0.25) is 10.0 Å². The number of amides is 1. The van der Waals surface area contributed by atoms with E-state index in [1.165, 1.54) is 0 Å². The van der Waals surface area contributed by atoms with Crippen LogP contribution in [-0.4, -0.2) is 30.5 Å². The minimum Gasteiger partial charge on any atom is -0.370 e. The largest absolute Gasteiger partial charge is 0.370 e. The summed E-state index contributed by atoms with van der Waals surface area (Å²) < 4.78 is 6.74. The van der Waals surface area contributed by atoms with Crippen LogP contribution in [0.3, 0.4) is 0 Å². The van der Waals surface area contributed by atoms with Crippen LogP contribution in [0.5, 0.6) is 0 Å². The summed E-state index contributed by atoms with van der Waals surface area (Å²) in [6.07, 6.45) is -0.223. The summed E-state index contributed by atoms with van der Waals surface area (Å²) in [5.74, 6) is -0.000995. The number of carbonyl (C=O) groups excluding carboxylic acids is 1. The zero-order valence-corrected chi connectivity index (χ0v) is 15.2. The van der Waals surface area contributed by atoms with Gasteiger partial charge in [0.25, 0.3) is 5.91 Å². The molecule has 0 bridgehead atoms. The topological polar surface area (TPSA) is 29.5 Å². The fourth-order valence-corrected chi connectivity index (χ4v) is 3.38. The predicted molar refractivity (Wildman–Crippen MR) is 95.2 cm³/mol. The highest BCUT2D eigenvalue weighted by atomic mass is 79.9. The van der Waals surface area contributed by atoms with Gasteiger partial charge in [-0.25, -0.2) is 0 Å². The average Bonchev–Trinajstić information content (AvgIpc) is 2.54. The van der Waals surface area contributed by atoms with Crippen LogP contribution in [0, 0.1) is 0 Å².